The van der Waals surface area contributed by atoms with Gasteiger partial charge in [-0.3, -0.25) is 4.79 Å². The average Bonchev–Trinajstić information content (AvgIpc) is 2.91. The molecule has 1 aliphatic rings. The molecule has 0 saturated carbocycles. The number of rotatable bonds is 4. The zero-order chi connectivity index (χ0) is 18.0. The number of amides is 1. The van der Waals surface area contributed by atoms with Crippen molar-refractivity contribution < 1.29 is 18.3 Å². The predicted octanol–water partition coefficient (Wildman–Crippen LogP) is 3.04. The van der Waals surface area contributed by atoms with E-state index in [2.05, 4.69) is 5.10 Å². The van der Waals surface area contributed by atoms with Crippen LogP contribution in [0.4, 0.5) is 8.78 Å². The Morgan fingerprint density at radius 1 is 1.32 bits per heavy atom. The first-order valence-corrected chi connectivity index (χ1v) is 8.24. The van der Waals surface area contributed by atoms with Crippen LogP contribution < -0.4 is 0 Å². The summed E-state index contributed by atoms with van der Waals surface area (Å²) < 4.78 is 32.2. The van der Waals surface area contributed by atoms with Gasteiger partial charge in [0, 0.05) is 17.8 Å². The molecule has 7 heteroatoms. The van der Waals surface area contributed by atoms with Crippen molar-refractivity contribution in [2.24, 2.45) is 0 Å². The molecule has 1 unspecified atom stereocenters. The van der Waals surface area contributed by atoms with Crippen LogP contribution in [0.15, 0.2) is 30.3 Å². The van der Waals surface area contributed by atoms with Gasteiger partial charge in [0.1, 0.15) is 0 Å². The lowest BCUT2D eigenvalue weighted by atomic mass is 10.0. The molecule has 2 aromatic rings. The molecule has 2 heterocycles. The van der Waals surface area contributed by atoms with Gasteiger partial charge in [-0.15, -0.1) is 0 Å². The maximum atomic E-state index is 13.0. The van der Waals surface area contributed by atoms with Crippen LogP contribution in [-0.2, 0) is 16.0 Å². The zero-order valence-corrected chi connectivity index (χ0v) is 14.3. The summed E-state index contributed by atoms with van der Waals surface area (Å²) in [6.07, 6.45) is 0.0632. The Morgan fingerprint density at radius 2 is 2.04 bits per heavy atom. The summed E-state index contributed by atoms with van der Waals surface area (Å²) in [5, 5.41) is 3.86. The van der Waals surface area contributed by atoms with E-state index in [1.165, 1.54) is 0 Å². The number of benzene rings is 1. The van der Waals surface area contributed by atoms with E-state index in [9.17, 15) is 13.6 Å². The van der Waals surface area contributed by atoms with Crippen LogP contribution in [0.25, 0.3) is 0 Å². The lowest BCUT2D eigenvalue weighted by Gasteiger charge is -2.36. The number of hydrogen-bond donors (Lipinski definition) is 0. The molecule has 1 aliphatic heterocycles. The third-order valence-electron chi connectivity index (χ3n) is 4.62. The van der Waals surface area contributed by atoms with Crippen LogP contribution in [0.5, 0.6) is 0 Å². The van der Waals surface area contributed by atoms with Crippen molar-refractivity contribution in [1.82, 2.24) is 14.7 Å². The van der Waals surface area contributed by atoms with Gasteiger partial charge in [-0.25, -0.2) is 4.68 Å². The van der Waals surface area contributed by atoms with E-state index in [4.69, 9.17) is 4.74 Å². The number of nitrogens with zero attached hydrogens (tertiary/aromatic N) is 3. The third-order valence-corrected chi connectivity index (χ3v) is 4.62. The molecule has 1 aromatic carbocycles. The van der Waals surface area contributed by atoms with Crippen LogP contribution in [-0.4, -0.2) is 40.3 Å². The van der Waals surface area contributed by atoms with E-state index in [0.29, 0.717) is 41.4 Å². The number of carbonyl (C=O) groups excluding carboxylic acids is 1. The van der Waals surface area contributed by atoms with E-state index >= 15 is 0 Å². The molecule has 0 spiro atoms. The Kier molecular flexibility index (Phi) is 5.13. The van der Waals surface area contributed by atoms with Crippen molar-refractivity contribution >= 4 is 5.91 Å². The standard InChI is InChI=1S/C18H21F2N3O2/c1-12-15(13(2)23(21-12)18(19)20)10-17(24)22-8-9-25-11-16(22)14-6-4-3-5-7-14/h3-7,16,18H,8-11H2,1-2H3. The maximum Gasteiger partial charge on any atom is 0.333 e. The second-order valence-electron chi connectivity index (χ2n) is 6.14. The Morgan fingerprint density at radius 3 is 2.68 bits per heavy atom. The summed E-state index contributed by atoms with van der Waals surface area (Å²) in [6.45, 7) is 1.92. The highest BCUT2D eigenvalue weighted by atomic mass is 19.3. The molecule has 1 saturated heterocycles. The molecule has 0 aliphatic carbocycles. The van der Waals surface area contributed by atoms with Crippen molar-refractivity contribution in [2.45, 2.75) is 32.9 Å². The second-order valence-corrected chi connectivity index (χ2v) is 6.14. The van der Waals surface area contributed by atoms with Gasteiger partial charge >= 0.3 is 6.55 Å². The number of carbonyl (C=O) groups is 1. The van der Waals surface area contributed by atoms with Gasteiger partial charge in [0.15, 0.2) is 0 Å². The molecule has 0 bridgehead atoms. The number of aromatic nitrogens is 2. The molecule has 134 valence electrons. The molecule has 1 aromatic heterocycles. The van der Waals surface area contributed by atoms with Gasteiger partial charge in [0.2, 0.25) is 5.91 Å². The number of halogens is 2. The Labute approximate surface area is 145 Å². The lowest BCUT2D eigenvalue weighted by molar-refractivity contribution is -0.139. The fourth-order valence-electron chi connectivity index (χ4n) is 3.25. The van der Waals surface area contributed by atoms with E-state index in [-0.39, 0.29) is 18.4 Å². The highest BCUT2D eigenvalue weighted by Crippen LogP contribution is 2.26. The molecule has 1 atom stereocenters. The molecule has 0 N–H and O–H groups in total. The molecule has 1 amide bonds. The minimum atomic E-state index is -2.71. The largest absolute Gasteiger partial charge is 0.377 e. The second kappa shape index (κ2) is 7.31. The Bertz CT molecular complexity index is 746. The van der Waals surface area contributed by atoms with Crippen molar-refractivity contribution in [3.05, 3.63) is 52.8 Å². The topological polar surface area (TPSA) is 47.4 Å². The van der Waals surface area contributed by atoms with Crippen LogP contribution in [0.1, 0.15) is 35.1 Å². The minimum Gasteiger partial charge on any atom is -0.377 e. The van der Waals surface area contributed by atoms with Gasteiger partial charge in [0.05, 0.1) is 31.4 Å². The first-order chi connectivity index (χ1) is 12.0. The molecular formula is C18H21F2N3O2. The summed E-state index contributed by atoms with van der Waals surface area (Å²) in [5.74, 6) is -0.0998. The summed E-state index contributed by atoms with van der Waals surface area (Å²) in [4.78, 5) is 14.7. The fraction of sp³-hybridized carbons (Fsp3) is 0.444. The first kappa shape index (κ1) is 17.5. The van der Waals surface area contributed by atoms with E-state index in [0.717, 1.165) is 5.56 Å². The molecular weight excluding hydrogens is 328 g/mol. The van der Waals surface area contributed by atoms with Gasteiger partial charge in [0.25, 0.3) is 0 Å². The number of morpholine rings is 1. The van der Waals surface area contributed by atoms with Gasteiger partial charge < -0.3 is 9.64 Å². The van der Waals surface area contributed by atoms with Gasteiger partial charge in [-0.1, -0.05) is 30.3 Å². The minimum absolute atomic E-state index is 0.0632. The van der Waals surface area contributed by atoms with Gasteiger partial charge in [-0.05, 0) is 19.4 Å². The fourth-order valence-corrected chi connectivity index (χ4v) is 3.25. The van der Waals surface area contributed by atoms with Crippen molar-refractivity contribution in [1.29, 1.82) is 0 Å². The SMILES string of the molecule is Cc1nn(C(F)F)c(C)c1CC(=O)N1CCOCC1c1ccccc1. The molecule has 1 fully saturated rings. The summed E-state index contributed by atoms with van der Waals surface area (Å²) in [7, 11) is 0. The van der Waals surface area contributed by atoms with Crippen LogP contribution in [0.3, 0.4) is 0 Å². The highest BCUT2D eigenvalue weighted by Gasteiger charge is 2.30. The van der Waals surface area contributed by atoms with E-state index in [1.54, 1.807) is 18.7 Å². The van der Waals surface area contributed by atoms with Crippen molar-refractivity contribution in [3.8, 4) is 0 Å². The molecule has 0 radical (unpaired) electrons. The maximum absolute atomic E-state index is 13.0. The third kappa shape index (κ3) is 3.56. The Balaban J connectivity index is 1.82. The average molecular weight is 349 g/mol. The molecule has 3 rings (SSSR count). The molecule has 5 nitrogen and oxygen atoms in total. The smallest absolute Gasteiger partial charge is 0.333 e. The summed E-state index contributed by atoms with van der Waals surface area (Å²) in [6, 6.07) is 9.54. The lowest BCUT2D eigenvalue weighted by Crippen LogP contribution is -2.44. The van der Waals surface area contributed by atoms with E-state index in [1.807, 2.05) is 30.3 Å². The highest BCUT2D eigenvalue weighted by molar-refractivity contribution is 5.80. The normalized spacial score (nSPS) is 18.0. The number of aryl methyl sites for hydroxylation is 1. The number of ether oxygens (including phenoxy) is 1. The summed E-state index contributed by atoms with van der Waals surface area (Å²) >= 11 is 0. The summed E-state index contributed by atoms with van der Waals surface area (Å²) in [5.41, 5.74) is 2.39. The molecule has 25 heavy (non-hydrogen) atoms. The first-order valence-electron chi connectivity index (χ1n) is 8.24. The van der Waals surface area contributed by atoms with E-state index < -0.39 is 6.55 Å². The Hall–Kier alpha value is -2.28. The number of alkyl halides is 2. The predicted molar refractivity (Wildman–Crippen MR) is 88.4 cm³/mol. The van der Waals surface area contributed by atoms with Crippen molar-refractivity contribution in [2.75, 3.05) is 19.8 Å². The zero-order valence-electron chi connectivity index (χ0n) is 14.3. The van der Waals surface area contributed by atoms with Crippen LogP contribution in [0.2, 0.25) is 0 Å². The van der Waals surface area contributed by atoms with Crippen LogP contribution >= 0.6 is 0 Å². The quantitative estimate of drug-likeness (QED) is 0.852. The van der Waals surface area contributed by atoms with Gasteiger partial charge in [-0.2, -0.15) is 13.9 Å². The monoisotopic (exact) mass is 349 g/mol. The van der Waals surface area contributed by atoms with Crippen molar-refractivity contribution in [3.63, 3.8) is 0 Å². The number of hydrogen-bond acceptors (Lipinski definition) is 3. The van der Waals surface area contributed by atoms with Crippen LogP contribution in [0, 0.1) is 13.8 Å².